The zero-order valence-electron chi connectivity index (χ0n) is 13.8. The summed E-state index contributed by atoms with van der Waals surface area (Å²) in [5.74, 6) is 1.01. The molecule has 0 spiro atoms. The Morgan fingerprint density at radius 3 is 2.39 bits per heavy atom. The lowest BCUT2D eigenvalue weighted by molar-refractivity contribution is 0.717. The molecule has 1 heterocycles. The van der Waals surface area contributed by atoms with Gasteiger partial charge in [0.2, 0.25) is 0 Å². The zero-order chi connectivity index (χ0) is 15.9. The van der Waals surface area contributed by atoms with Crippen LogP contribution in [0.5, 0.6) is 0 Å². The monoisotopic (exact) mass is 304 g/mol. The first-order valence-corrected chi connectivity index (χ1v) is 8.52. The Labute approximate surface area is 138 Å². The molecule has 3 aromatic rings. The van der Waals surface area contributed by atoms with E-state index in [9.17, 15) is 0 Å². The van der Waals surface area contributed by atoms with Crippen molar-refractivity contribution in [2.75, 3.05) is 0 Å². The third-order valence-corrected chi connectivity index (χ3v) is 4.18. The predicted octanol–water partition coefficient (Wildman–Crippen LogP) is 5.40. The van der Waals surface area contributed by atoms with Crippen LogP contribution in [-0.4, -0.2) is 9.97 Å². The normalized spacial score (nSPS) is 10.8. The number of hydrogen-bond acceptors (Lipinski definition) is 1. The van der Waals surface area contributed by atoms with E-state index in [1.54, 1.807) is 0 Å². The third kappa shape index (κ3) is 4.32. The minimum absolute atomic E-state index is 0.843. The summed E-state index contributed by atoms with van der Waals surface area (Å²) in [5.41, 5.74) is 5.00. The average molecular weight is 304 g/mol. The second kappa shape index (κ2) is 7.77. The van der Waals surface area contributed by atoms with Gasteiger partial charge in [0.05, 0.1) is 11.9 Å². The van der Waals surface area contributed by atoms with E-state index < -0.39 is 0 Å². The van der Waals surface area contributed by atoms with Crippen molar-refractivity contribution in [3.05, 3.63) is 77.7 Å². The lowest BCUT2D eigenvalue weighted by Crippen LogP contribution is -1.90. The summed E-state index contributed by atoms with van der Waals surface area (Å²) in [6, 6.07) is 19.3. The minimum atomic E-state index is 0.843. The van der Waals surface area contributed by atoms with Gasteiger partial charge < -0.3 is 4.98 Å². The molecule has 1 aromatic heterocycles. The fourth-order valence-electron chi connectivity index (χ4n) is 2.82. The van der Waals surface area contributed by atoms with Crippen molar-refractivity contribution in [2.45, 2.75) is 39.0 Å². The number of aromatic amines is 1. The molecule has 2 aromatic carbocycles. The Bertz CT molecular complexity index is 711. The van der Waals surface area contributed by atoms with E-state index in [1.165, 1.54) is 42.4 Å². The zero-order valence-corrected chi connectivity index (χ0v) is 13.8. The Kier molecular flexibility index (Phi) is 5.25. The van der Waals surface area contributed by atoms with Crippen molar-refractivity contribution >= 4 is 0 Å². The van der Waals surface area contributed by atoms with Crippen LogP contribution in [0.15, 0.2) is 60.8 Å². The van der Waals surface area contributed by atoms with E-state index >= 15 is 0 Å². The van der Waals surface area contributed by atoms with Crippen molar-refractivity contribution in [1.29, 1.82) is 0 Å². The van der Waals surface area contributed by atoms with Crippen molar-refractivity contribution in [3.8, 4) is 11.3 Å². The van der Waals surface area contributed by atoms with E-state index in [1.807, 2.05) is 12.3 Å². The second-order valence-electron chi connectivity index (χ2n) is 6.06. The highest BCUT2D eigenvalue weighted by Crippen LogP contribution is 2.19. The van der Waals surface area contributed by atoms with Crippen molar-refractivity contribution in [3.63, 3.8) is 0 Å². The van der Waals surface area contributed by atoms with Crippen LogP contribution in [0, 0.1) is 0 Å². The van der Waals surface area contributed by atoms with Crippen LogP contribution in [0.25, 0.3) is 11.3 Å². The summed E-state index contributed by atoms with van der Waals surface area (Å²) < 4.78 is 0. The van der Waals surface area contributed by atoms with Gasteiger partial charge >= 0.3 is 0 Å². The fraction of sp³-hybridized carbons (Fsp3) is 0.286. The van der Waals surface area contributed by atoms with E-state index in [0.29, 0.717) is 0 Å². The number of benzene rings is 2. The maximum atomic E-state index is 4.52. The van der Waals surface area contributed by atoms with Gasteiger partial charge in [0.25, 0.3) is 0 Å². The summed E-state index contributed by atoms with van der Waals surface area (Å²) >= 11 is 0. The Morgan fingerprint density at radius 1 is 0.870 bits per heavy atom. The molecule has 118 valence electrons. The summed E-state index contributed by atoms with van der Waals surface area (Å²) in [4.78, 5) is 7.95. The summed E-state index contributed by atoms with van der Waals surface area (Å²) in [5, 5.41) is 0. The van der Waals surface area contributed by atoms with E-state index in [0.717, 1.165) is 17.9 Å². The van der Waals surface area contributed by atoms with Gasteiger partial charge in [-0.25, -0.2) is 4.98 Å². The molecule has 3 rings (SSSR count). The highest BCUT2D eigenvalue weighted by atomic mass is 14.9. The largest absolute Gasteiger partial charge is 0.342 e. The van der Waals surface area contributed by atoms with E-state index in [2.05, 4.69) is 65.4 Å². The molecule has 0 aliphatic rings. The third-order valence-electron chi connectivity index (χ3n) is 4.18. The van der Waals surface area contributed by atoms with Crippen LogP contribution in [0.1, 0.15) is 43.1 Å². The average Bonchev–Trinajstić information content (AvgIpc) is 3.05. The number of rotatable bonds is 7. The maximum Gasteiger partial charge on any atom is 0.110 e. The topological polar surface area (TPSA) is 28.7 Å². The van der Waals surface area contributed by atoms with Crippen LogP contribution in [0.4, 0.5) is 0 Å². The Balaban J connectivity index is 1.65. The molecule has 0 aliphatic carbocycles. The SMILES string of the molecule is CCCCCc1ccc(-c2cnc(Cc3ccccc3)[nH]2)cc1. The summed E-state index contributed by atoms with van der Waals surface area (Å²) in [7, 11) is 0. The molecule has 2 heteroatoms. The molecule has 0 amide bonds. The number of H-pyrrole nitrogens is 1. The minimum Gasteiger partial charge on any atom is -0.342 e. The lowest BCUT2D eigenvalue weighted by Gasteiger charge is -2.03. The molecule has 0 unspecified atom stereocenters. The second-order valence-corrected chi connectivity index (χ2v) is 6.06. The van der Waals surface area contributed by atoms with Crippen LogP contribution >= 0.6 is 0 Å². The molecule has 0 radical (unpaired) electrons. The summed E-state index contributed by atoms with van der Waals surface area (Å²) in [6.45, 7) is 2.24. The van der Waals surface area contributed by atoms with Gasteiger partial charge in [0, 0.05) is 6.42 Å². The van der Waals surface area contributed by atoms with E-state index in [-0.39, 0.29) is 0 Å². The van der Waals surface area contributed by atoms with Gasteiger partial charge in [-0.15, -0.1) is 0 Å². The fourth-order valence-corrected chi connectivity index (χ4v) is 2.82. The quantitative estimate of drug-likeness (QED) is 0.582. The van der Waals surface area contributed by atoms with Crippen LogP contribution < -0.4 is 0 Å². The first-order chi connectivity index (χ1) is 11.3. The molecule has 2 nitrogen and oxygen atoms in total. The highest BCUT2D eigenvalue weighted by molar-refractivity contribution is 5.58. The van der Waals surface area contributed by atoms with Gasteiger partial charge in [0.1, 0.15) is 5.82 Å². The molecular formula is C21H24N2. The Hall–Kier alpha value is -2.35. The number of imidazole rings is 1. The van der Waals surface area contributed by atoms with Gasteiger partial charge in [-0.1, -0.05) is 74.4 Å². The smallest absolute Gasteiger partial charge is 0.110 e. The molecule has 1 N–H and O–H groups in total. The summed E-state index contributed by atoms with van der Waals surface area (Å²) in [6.07, 6.45) is 7.82. The van der Waals surface area contributed by atoms with Crippen molar-refractivity contribution in [1.82, 2.24) is 9.97 Å². The molecule has 0 saturated carbocycles. The van der Waals surface area contributed by atoms with Gasteiger partial charge in [0.15, 0.2) is 0 Å². The highest BCUT2D eigenvalue weighted by Gasteiger charge is 2.04. The Morgan fingerprint density at radius 2 is 1.65 bits per heavy atom. The maximum absolute atomic E-state index is 4.52. The number of hydrogen-bond donors (Lipinski definition) is 1. The number of nitrogens with one attached hydrogen (secondary N) is 1. The molecule has 0 saturated heterocycles. The number of aromatic nitrogens is 2. The predicted molar refractivity (Wildman–Crippen MR) is 96.5 cm³/mol. The van der Waals surface area contributed by atoms with Crippen molar-refractivity contribution in [2.24, 2.45) is 0 Å². The van der Waals surface area contributed by atoms with Crippen LogP contribution in [0.2, 0.25) is 0 Å². The van der Waals surface area contributed by atoms with Gasteiger partial charge in [-0.05, 0) is 29.5 Å². The number of unbranched alkanes of at least 4 members (excludes halogenated alkanes) is 2. The van der Waals surface area contributed by atoms with Gasteiger partial charge in [-0.3, -0.25) is 0 Å². The van der Waals surface area contributed by atoms with Crippen LogP contribution in [-0.2, 0) is 12.8 Å². The van der Waals surface area contributed by atoms with Gasteiger partial charge in [-0.2, -0.15) is 0 Å². The van der Waals surface area contributed by atoms with E-state index in [4.69, 9.17) is 0 Å². The molecular weight excluding hydrogens is 280 g/mol. The molecule has 0 aliphatic heterocycles. The lowest BCUT2D eigenvalue weighted by atomic mass is 10.0. The molecule has 0 fully saturated rings. The first kappa shape index (κ1) is 15.5. The molecule has 23 heavy (non-hydrogen) atoms. The number of aryl methyl sites for hydroxylation is 1. The van der Waals surface area contributed by atoms with Crippen LogP contribution in [0.3, 0.4) is 0 Å². The number of nitrogens with zero attached hydrogens (tertiary/aromatic N) is 1. The first-order valence-electron chi connectivity index (χ1n) is 8.52. The molecule has 0 atom stereocenters. The molecule has 0 bridgehead atoms. The standard InChI is InChI=1S/C21H24N2/c1-2-3-5-8-17-11-13-19(14-12-17)20-16-22-21(23-20)15-18-9-6-4-7-10-18/h4,6-7,9-14,16H,2-3,5,8,15H2,1H3,(H,22,23). The van der Waals surface area contributed by atoms with Crippen molar-refractivity contribution < 1.29 is 0 Å².